The lowest BCUT2D eigenvalue weighted by Crippen LogP contribution is -2.13. The Kier molecular flexibility index (Phi) is 4.87. The number of anilines is 1. The van der Waals surface area contributed by atoms with Crippen LogP contribution in [0.4, 0.5) is 5.82 Å². The molecule has 0 aliphatic rings. The van der Waals surface area contributed by atoms with E-state index in [0.717, 1.165) is 11.8 Å². The summed E-state index contributed by atoms with van der Waals surface area (Å²) in [6.07, 6.45) is 4.71. The number of nitrogens with zero attached hydrogens (tertiary/aromatic N) is 1. The van der Waals surface area contributed by atoms with E-state index in [9.17, 15) is 9.59 Å². The van der Waals surface area contributed by atoms with Crippen molar-refractivity contribution in [1.82, 2.24) is 4.98 Å². The van der Waals surface area contributed by atoms with E-state index in [1.165, 1.54) is 6.08 Å². The van der Waals surface area contributed by atoms with E-state index in [-0.39, 0.29) is 12.3 Å². The lowest BCUT2D eigenvalue weighted by molar-refractivity contribution is -0.131. The van der Waals surface area contributed by atoms with Crippen molar-refractivity contribution in [3.05, 3.63) is 54.1 Å². The summed E-state index contributed by atoms with van der Waals surface area (Å²) < 4.78 is 5.15. The van der Waals surface area contributed by atoms with Gasteiger partial charge in [-0.2, -0.15) is 0 Å². The van der Waals surface area contributed by atoms with E-state index in [0.29, 0.717) is 17.9 Å². The number of nitrogens with one attached hydrogen (secondary N) is 1. The van der Waals surface area contributed by atoms with Gasteiger partial charge in [0.05, 0.1) is 12.0 Å². The maximum Gasteiger partial charge on any atom is 0.328 e. The topological polar surface area (TPSA) is 92.4 Å². The van der Waals surface area contributed by atoms with Gasteiger partial charge in [0.1, 0.15) is 11.6 Å². The summed E-state index contributed by atoms with van der Waals surface area (Å²) in [7, 11) is 0. The van der Waals surface area contributed by atoms with Crippen LogP contribution in [0.2, 0.25) is 0 Å². The minimum atomic E-state index is -1.05. The summed E-state index contributed by atoms with van der Waals surface area (Å²) in [5.41, 5.74) is 0.459. The Labute approximate surface area is 121 Å². The molecule has 1 amide bonds. The number of pyridine rings is 1. The summed E-state index contributed by atoms with van der Waals surface area (Å²) in [5, 5.41) is 11.2. The number of aromatic nitrogens is 1. The Morgan fingerprint density at radius 3 is 2.86 bits per heavy atom. The van der Waals surface area contributed by atoms with Crippen LogP contribution in [0.5, 0.6) is 0 Å². The first-order chi connectivity index (χ1) is 10.1. The molecule has 0 aliphatic heterocycles. The predicted molar refractivity (Wildman–Crippen MR) is 76.6 cm³/mol. The van der Waals surface area contributed by atoms with Crippen LogP contribution in [0.1, 0.15) is 17.9 Å². The second-order valence-electron chi connectivity index (χ2n) is 4.25. The van der Waals surface area contributed by atoms with E-state index in [4.69, 9.17) is 9.52 Å². The van der Waals surface area contributed by atoms with Gasteiger partial charge in [0.2, 0.25) is 5.91 Å². The summed E-state index contributed by atoms with van der Waals surface area (Å²) in [6, 6.07) is 8.56. The van der Waals surface area contributed by atoms with Gasteiger partial charge in [0, 0.05) is 18.9 Å². The molecule has 2 rings (SSSR count). The van der Waals surface area contributed by atoms with Gasteiger partial charge >= 0.3 is 5.97 Å². The van der Waals surface area contributed by atoms with Gasteiger partial charge < -0.3 is 14.8 Å². The number of carbonyl (C=O) groups excluding carboxylic acids is 1. The van der Waals surface area contributed by atoms with Crippen molar-refractivity contribution in [2.24, 2.45) is 0 Å². The second kappa shape index (κ2) is 7.04. The molecule has 0 aliphatic carbocycles. The molecular formula is C15H14N2O4. The highest BCUT2D eigenvalue weighted by Crippen LogP contribution is 2.08. The molecular weight excluding hydrogens is 272 g/mol. The smallest absolute Gasteiger partial charge is 0.328 e. The maximum atomic E-state index is 11.8. The van der Waals surface area contributed by atoms with Crippen LogP contribution < -0.4 is 5.32 Å². The minimum Gasteiger partial charge on any atom is -0.478 e. The first-order valence-corrected chi connectivity index (χ1v) is 6.34. The van der Waals surface area contributed by atoms with Gasteiger partial charge in [-0.3, -0.25) is 4.79 Å². The van der Waals surface area contributed by atoms with E-state index in [1.54, 1.807) is 30.5 Å². The van der Waals surface area contributed by atoms with Crippen molar-refractivity contribution in [1.29, 1.82) is 0 Å². The third-order valence-electron chi connectivity index (χ3n) is 2.61. The van der Waals surface area contributed by atoms with Gasteiger partial charge in [-0.15, -0.1) is 0 Å². The zero-order valence-corrected chi connectivity index (χ0v) is 11.2. The average molecular weight is 286 g/mol. The molecule has 0 fully saturated rings. The lowest BCUT2D eigenvalue weighted by Gasteiger charge is -2.04. The predicted octanol–water partition coefficient (Wildman–Crippen LogP) is 2.34. The maximum absolute atomic E-state index is 11.8. The van der Waals surface area contributed by atoms with Crippen LogP contribution in [0, 0.1) is 0 Å². The normalized spacial score (nSPS) is 10.7. The highest BCUT2D eigenvalue weighted by atomic mass is 16.4. The molecule has 0 bridgehead atoms. The van der Waals surface area contributed by atoms with E-state index in [2.05, 4.69) is 10.3 Å². The quantitative estimate of drug-likeness (QED) is 0.795. The molecule has 6 heteroatoms. The molecule has 2 N–H and O–H groups in total. The standard InChI is InChI=1S/C15H14N2O4/c18-14(8-7-12-4-2-10-21-12)17-13-5-1-3-11(16-13)6-9-15(19)20/h1-6,9-10H,7-8H2,(H,19,20)(H,16,17,18). The van der Waals surface area contributed by atoms with Crippen LogP contribution in [-0.4, -0.2) is 22.0 Å². The van der Waals surface area contributed by atoms with Crippen molar-refractivity contribution in [3.8, 4) is 0 Å². The molecule has 2 aromatic heterocycles. The zero-order valence-electron chi connectivity index (χ0n) is 11.2. The van der Waals surface area contributed by atoms with E-state index >= 15 is 0 Å². The number of furan rings is 1. The number of carbonyl (C=O) groups is 2. The molecule has 2 heterocycles. The van der Waals surface area contributed by atoms with Crippen LogP contribution >= 0.6 is 0 Å². The Morgan fingerprint density at radius 2 is 2.14 bits per heavy atom. The number of rotatable bonds is 6. The Morgan fingerprint density at radius 1 is 1.29 bits per heavy atom. The number of aryl methyl sites for hydroxylation is 1. The van der Waals surface area contributed by atoms with Crippen molar-refractivity contribution in [2.45, 2.75) is 12.8 Å². The van der Waals surface area contributed by atoms with Gasteiger partial charge in [-0.05, 0) is 30.3 Å². The number of hydrogen-bond acceptors (Lipinski definition) is 4. The minimum absolute atomic E-state index is 0.182. The van der Waals surface area contributed by atoms with Crippen LogP contribution in [0.3, 0.4) is 0 Å². The summed E-state index contributed by atoms with van der Waals surface area (Å²) in [4.78, 5) is 26.3. The molecule has 21 heavy (non-hydrogen) atoms. The summed E-state index contributed by atoms with van der Waals surface area (Å²) in [5.74, 6) is -0.105. The molecule has 0 aromatic carbocycles. The van der Waals surface area contributed by atoms with Gasteiger partial charge in [0.25, 0.3) is 0 Å². The van der Waals surface area contributed by atoms with Gasteiger partial charge in [0.15, 0.2) is 0 Å². The Bertz CT molecular complexity index is 647. The molecule has 0 unspecified atom stereocenters. The summed E-state index contributed by atoms with van der Waals surface area (Å²) in [6.45, 7) is 0. The second-order valence-corrected chi connectivity index (χ2v) is 4.25. The van der Waals surface area contributed by atoms with E-state index in [1.807, 2.05) is 6.07 Å². The molecule has 0 spiro atoms. The molecule has 108 valence electrons. The number of aliphatic carboxylic acids is 1. The number of carboxylic acid groups (broad SMARTS) is 1. The fourth-order valence-electron chi connectivity index (χ4n) is 1.67. The fraction of sp³-hybridized carbons (Fsp3) is 0.133. The Hall–Kier alpha value is -2.89. The molecule has 0 radical (unpaired) electrons. The fourth-order valence-corrected chi connectivity index (χ4v) is 1.67. The van der Waals surface area contributed by atoms with Crippen molar-refractivity contribution < 1.29 is 19.1 Å². The first-order valence-electron chi connectivity index (χ1n) is 6.34. The highest BCUT2D eigenvalue weighted by molar-refractivity contribution is 5.90. The first kappa shape index (κ1) is 14.5. The number of carboxylic acids is 1. The van der Waals surface area contributed by atoms with Gasteiger partial charge in [-0.1, -0.05) is 6.07 Å². The van der Waals surface area contributed by atoms with E-state index < -0.39 is 5.97 Å². The molecule has 2 aromatic rings. The monoisotopic (exact) mass is 286 g/mol. The van der Waals surface area contributed by atoms with Crippen molar-refractivity contribution >= 4 is 23.8 Å². The largest absolute Gasteiger partial charge is 0.478 e. The third kappa shape index (κ3) is 4.94. The van der Waals surface area contributed by atoms with Gasteiger partial charge in [-0.25, -0.2) is 9.78 Å². The average Bonchev–Trinajstić information content (AvgIpc) is 2.97. The third-order valence-corrected chi connectivity index (χ3v) is 2.61. The lowest BCUT2D eigenvalue weighted by atomic mass is 10.2. The molecule has 6 nitrogen and oxygen atoms in total. The number of hydrogen-bond donors (Lipinski definition) is 2. The number of amides is 1. The Balaban J connectivity index is 1.91. The molecule has 0 saturated carbocycles. The van der Waals surface area contributed by atoms with Crippen molar-refractivity contribution in [3.63, 3.8) is 0 Å². The van der Waals surface area contributed by atoms with Crippen LogP contribution in [0.25, 0.3) is 6.08 Å². The van der Waals surface area contributed by atoms with Crippen molar-refractivity contribution in [2.75, 3.05) is 5.32 Å². The van der Waals surface area contributed by atoms with Crippen LogP contribution in [-0.2, 0) is 16.0 Å². The summed E-state index contributed by atoms with van der Waals surface area (Å²) >= 11 is 0. The molecule has 0 atom stereocenters. The van der Waals surface area contributed by atoms with Crippen LogP contribution in [0.15, 0.2) is 47.1 Å². The molecule has 0 saturated heterocycles. The highest BCUT2D eigenvalue weighted by Gasteiger charge is 2.05. The zero-order chi connectivity index (χ0) is 15.1. The SMILES string of the molecule is O=C(O)C=Cc1cccc(NC(=O)CCc2ccco2)n1.